The first-order valence-corrected chi connectivity index (χ1v) is 4.16. The summed E-state index contributed by atoms with van der Waals surface area (Å²) in [5.41, 5.74) is 5.43. The summed E-state index contributed by atoms with van der Waals surface area (Å²) >= 11 is 0. The zero-order valence-corrected chi connectivity index (χ0v) is 7.62. The molecule has 0 fully saturated rings. The zero-order valence-electron chi connectivity index (χ0n) is 7.62. The van der Waals surface area contributed by atoms with Gasteiger partial charge in [-0.3, -0.25) is 4.79 Å². The average Bonchev–Trinajstić information content (AvgIpc) is 2.02. The number of hydrogen-bond donors (Lipinski definition) is 1. The van der Waals surface area contributed by atoms with Gasteiger partial charge in [0, 0.05) is 11.6 Å². The SMILES string of the molecule is CC(C)C[C@H](CN)CC(=O)N=O. The lowest BCUT2D eigenvalue weighted by molar-refractivity contribution is -0.118. The molecule has 0 aliphatic heterocycles. The molecule has 0 rings (SSSR count). The van der Waals surface area contributed by atoms with Crippen LogP contribution in [0, 0.1) is 16.7 Å². The monoisotopic (exact) mass is 172 g/mol. The number of hydrogen-bond acceptors (Lipinski definition) is 3. The van der Waals surface area contributed by atoms with E-state index in [1.807, 2.05) is 0 Å². The Balaban J connectivity index is 3.82. The van der Waals surface area contributed by atoms with Gasteiger partial charge in [-0.15, -0.1) is 4.91 Å². The van der Waals surface area contributed by atoms with Crippen molar-refractivity contribution in [3.8, 4) is 0 Å². The third-order valence-electron chi connectivity index (χ3n) is 1.70. The first-order chi connectivity index (χ1) is 5.60. The van der Waals surface area contributed by atoms with Crippen LogP contribution in [-0.2, 0) is 4.79 Å². The molecule has 4 nitrogen and oxygen atoms in total. The van der Waals surface area contributed by atoms with E-state index in [-0.39, 0.29) is 12.3 Å². The molecule has 0 aromatic rings. The predicted octanol–water partition coefficient (Wildman–Crippen LogP) is 1.29. The van der Waals surface area contributed by atoms with Gasteiger partial charge in [0.1, 0.15) is 0 Å². The molecule has 0 aromatic carbocycles. The average molecular weight is 172 g/mol. The molecule has 0 aliphatic carbocycles. The van der Waals surface area contributed by atoms with Gasteiger partial charge < -0.3 is 5.73 Å². The standard InChI is InChI=1S/C8H16N2O2/c1-6(2)3-7(5-9)4-8(11)10-12/h6-7H,3-5,9H2,1-2H3/t7-/m0/s1. The van der Waals surface area contributed by atoms with Crippen LogP contribution in [0.4, 0.5) is 0 Å². The minimum atomic E-state index is -0.592. The van der Waals surface area contributed by atoms with Crippen LogP contribution in [0.25, 0.3) is 0 Å². The number of rotatable bonds is 5. The van der Waals surface area contributed by atoms with E-state index in [0.29, 0.717) is 12.5 Å². The van der Waals surface area contributed by atoms with Crippen LogP contribution >= 0.6 is 0 Å². The van der Waals surface area contributed by atoms with Crippen molar-refractivity contribution in [2.75, 3.05) is 6.54 Å². The molecule has 0 saturated carbocycles. The second-order valence-corrected chi connectivity index (χ2v) is 3.42. The Morgan fingerprint density at radius 1 is 1.50 bits per heavy atom. The van der Waals surface area contributed by atoms with Crippen molar-refractivity contribution in [2.45, 2.75) is 26.7 Å². The summed E-state index contributed by atoms with van der Waals surface area (Å²) < 4.78 is 0. The first-order valence-electron chi connectivity index (χ1n) is 4.16. The molecule has 70 valence electrons. The largest absolute Gasteiger partial charge is 0.330 e. The fraction of sp³-hybridized carbons (Fsp3) is 0.875. The molecule has 1 amide bonds. The smallest absolute Gasteiger partial charge is 0.286 e. The van der Waals surface area contributed by atoms with E-state index in [2.05, 4.69) is 19.0 Å². The molecule has 0 heterocycles. The Labute approximate surface area is 72.5 Å². The second kappa shape index (κ2) is 5.83. The summed E-state index contributed by atoms with van der Waals surface area (Å²) in [6, 6.07) is 0. The highest BCUT2D eigenvalue weighted by atomic mass is 16.3. The molecule has 12 heavy (non-hydrogen) atoms. The van der Waals surface area contributed by atoms with Crippen LogP contribution in [-0.4, -0.2) is 12.5 Å². The van der Waals surface area contributed by atoms with E-state index in [1.165, 1.54) is 0 Å². The van der Waals surface area contributed by atoms with E-state index in [9.17, 15) is 9.70 Å². The van der Waals surface area contributed by atoms with Gasteiger partial charge in [-0.25, -0.2) is 0 Å². The fourth-order valence-electron chi connectivity index (χ4n) is 1.21. The quantitative estimate of drug-likeness (QED) is 0.635. The molecule has 1 atom stereocenters. The highest BCUT2D eigenvalue weighted by molar-refractivity contribution is 5.76. The molecule has 0 aromatic heterocycles. The minimum Gasteiger partial charge on any atom is -0.330 e. The third kappa shape index (κ3) is 4.96. The molecule has 0 spiro atoms. The topological polar surface area (TPSA) is 72.5 Å². The van der Waals surface area contributed by atoms with E-state index < -0.39 is 5.91 Å². The molecule has 2 N–H and O–H groups in total. The van der Waals surface area contributed by atoms with Crippen molar-refractivity contribution in [1.82, 2.24) is 0 Å². The van der Waals surface area contributed by atoms with Crippen LogP contribution in [0.1, 0.15) is 26.7 Å². The van der Waals surface area contributed by atoms with Gasteiger partial charge in [0.05, 0.1) is 0 Å². The van der Waals surface area contributed by atoms with Gasteiger partial charge in [-0.05, 0) is 24.8 Å². The van der Waals surface area contributed by atoms with Gasteiger partial charge in [-0.2, -0.15) is 0 Å². The fourth-order valence-corrected chi connectivity index (χ4v) is 1.21. The highest BCUT2D eigenvalue weighted by Crippen LogP contribution is 2.14. The van der Waals surface area contributed by atoms with Crippen molar-refractivity contribution in [3.63, 3.8) is 0 Å². The summed E-state index contributed by atoms with van der Waals surface area (Å²) in [4.78, 5) is 20.4. The number of carbonyl (C=O) groups excluding carboxylic acids is 1. The van der Waals surface area contributed by atoms with Crippen molar-refractivity contribution in [1.29, 1.82) is 0 Å². The Morgan fingerprint density at radius 2 is 2.08 bits per heavy atom. The molecule has 0 aliphatic rings. The maximum atomic E-state index is 10.6. The van der Waals surface area contributed by atoms with Crippen molar-refractivity contribution < 1.29 is 4.79 Å². The maximum Gasteiger partial charge on any atom is 0.286 e. The Hall–Kier alpha value is -0.770. The number of nitrogens with zero attached hydrogens (tertiary/aromatic N) is 1. The number of nitroso groups, excluding NO2 is 1. The number of carbonyl (C=O) groups is 1. The van der Waals surface area contributed by atoms with Crippen LogP contribution in [0.3, 0.4) is 0 Å². The van der Waals surface area contributed by atoms with E-state index in [4.69, 9.17) is 5.73 Å². The predicted molar refractivity (Wildman–Crippen MR) is 47.4 cm³/mol. The molecular weight excluding hydrogens is 156 g/mol. The summed E-state index contributed by atoms with van der Waals surface area (Å²) in [5.74, 6) is 0.0132. The van der Waals surface area contributed by atoms with E-state index in [1.54, 1.807) is 0 Å². The van der Waals surface area contributed by atoms with Gasteiger partial charge in [-0.1, -0.05) is 13.8 Å². The van der Waals surface area contributed by atoms with Crippen molar-refractivity contribution in [3.05, 3.63) is 4.91 Å². The molecule has 0 bridgehead atoms. The lowest BCUT2D eigenvalue weighted by Gasteiger charge is -2.13. The molecule has 0 saturated heterocycles. The van der Waals surface area contributed by atoms with Crippen molar-refractivity contribution in [2.24, 2.45) is 22.7 Å². The summed E-state index contributed by atoms with van der Waals surface area (Å²) in [6.45, 7) is 4.56. The number of nitrogens with two attached hydrogens (primary N) is 1. The van der Waals surface area contributed by atoms with Gasteiger partial charge in [0.2, 0.25) is 0 Å². The molecular formula is C8H16N2O2. The van der Waals surface area contributed by atoms with Crippen LogP contribution in [0.2, 0.25) is 0 Å². The first kappa shape index (κ1) is 11.2. The minimum absolute atomic E-state index is 0.107. The zero-order chi connectivity index (χ0) is 9.56. The van der Waals surface area contributed by atoms with Gasteiger partial charge in [0.15, 0.2) is 0 Å². The molecule has 4 heteroatoms. The van der Waals surface area contributed by atoms with E-state index >= 15 is 0 Å². The Morgan fingerprint density at radius 3 is 2.42 bits per heavy atom. The second-order valence-electron chi connectivity index (χ2n) is 3.42. The van der Waals surface area contributed by atoms with Crippen LogP contribution < -0.4 is 5.73 Å². The van der Waals surface area contributed by atoms with Gasteiger partial charge >= 0.3 is 0 Å². The molecule has 0 radical (unpaired) electrons. The Kier molecular flexibility index (Phi) is 5.45. The molecule has 0 unspecified atom stereocenters. The van der Waals surface area contributed by atoms with Crippen molar-refractivity contribution >= 4 is 5.91 Å². The third-order valence-corrected chi connectivity index (χ3v) is 1.70. The summed E-state index contributed by atoms with van der Waals surface area (Å²) in [7, 11) is 0. The highest BCUT2D eigenvalue weighted by Gasteiger charge is 2.13. The lowest BCUT2D eigenvalue weighted by Crippen LogP contribution is -2.19. The van der Waals surface area contributed by atoms with Gasteiger partial charge in [0.25, 0.3) is 5.91 Å². The van der Waals surface area contributed by atoms with E-state index in [0.717, 1.165) is 6.42 Å². The summed E-state index contributed by atoms with van der Waals surface area (Å²) in [6.07, 6.45) is 1.07. The Bertz CT molecular complexity index is 157. The number of amides is 1. The maximum absolute atomic E-state index is 10.6. The van der Waals surface area contributed by atoms with Crippen LogP contribution in [0.15, 0.2) is 5.18 Å². The normalized spacial score (nSPS) is 13.0. The lowest BCUT2D eigenvalue weighted by atomic mass is 9.94. The van der Waals surface area contributed by atoms with Crippen LogP contribution in [0.5, 0.6) is 0 Å². The summed E-state index contributed by atoms with van der Waals surface area (Å²) in [5, 5.41) is 2.34.